The molecule has 1 amide bonds. The summed E-state index contributed by atoms with van der Waals surface area (Å²) in [5, 5.41) is 6.63. The second kappa shape index (κ2) is 6.44. The number of hydrogen-bond acceptors (Lipinski definition) is 2. The summed E-state index contributed by atoms with van der Waals surface area (Å²) in [5.41, 5.74) is 3.82. The molecule has 0 unspecified atom stereocenters. The SMILES string of the molecule is Cc1cccc(NCC(=O)Nc2ccc(Cl)cc2C)c1. The van der Waals surface area contributed by atoms with Gasteiger partial charge in [0.1, 0.15) is 0 Å². The van der Waals surface area contributed by atoms with Gasteiger partial charge in [0.2, 0.25) is 5.91 Å². The molecule has 0 bridgehead atoms. The van der Waals surface area contributed by atoms with Crippen LogP contribution in [0.1, 0.15) is 11.1 Å². The summed E-state index contributed by atoms with van der Waals surface area (Å²) in [6.45, 7) is 4.16. The van der Waals surface area contributed by atoms with Gasteiger partial charge in [0.15, 0.2) is 0 Å². The summed E-state index contributed by atoms with van der Waals surface area (Å²) < 4.78 is 0. The molecule has 0 saturated carbocycles. The quantitative estimate of drug-likeness (QED) is 0.892. The first-order valence-electron chi connectivity index (χ1n) is 6.41. The molecule has 0 fully saturated rings. The molecule has 2 aromatic rings. The molecular formula is C16H17ClN2O. The monoisotopic (exact) mass is 288 g/mol. The predicted molar refractivity (Wildman–Crippen MR) is 84.5 cm³/mol. The lowest BCUT2D eigenvalue weighted by molar-refractivity contribution is -0.114. The third-order valence-electron chi connectivity index (χ3n) is 2.93. The van der Waals surface area contributed by atoms with Crippen molar-refractivity contribution >= 4 is 28.9 Å². The van der Waals surface area contributed by atoms with Crippen LogP contribution in [-0.4, -0.2) is 12.5 Å². The number of nitrogens with one attached hydrogen (secondary N) is 2. The lowest BCUT2D eigenvalue weighted by Gasteiger charge is -2.10. The molecule has 2 aromatic carbocycles. The minimum Gasteiger partial charge on any atom is -0.376 e. The highest BCUT2D eigenvalue weighted by Crippen LogP contribution is 2.19. The van der Waals surface area contributed by atoms with Gasteiger partial charge in [-0.2, -0.15) is 0 Å². The Morgan fingerprint density at radius 1 is 1.15 bits per heavy atom. The number of aryl methyl sites for hydroxylation is 2. The van der Waals surface area contributed by atoms with Gasteiger partial charge in [0.25, 0.3) is 0 Å². The summed E-state index contributed by atoms with van der Waals surface area (Å²) in [7, 11) is 0. The molecular weight excluding hydrogens is 272 g/mol. The van der Waals surface area contributed by atoms with Crippen LogP contribution in [0, 0.1) is 13.8 Å². The van der Waals surface area contributed by atoms with Crippen LogP contribution in [-0.2, 0) is 4.79 Å². The van der Waals surface area contributed by atoms with E-state index in [-0.39, 0.29) is 12.5 Å². The third-order valence-corrected chi connectivity index (χ3v) is 3.17. The first kappa shape index (κ1) is 14.4. The van der Waals surface area contributed by atoms with Gasteiger partial charge in [-0.1, -0.05) is 23.7 Å². The minimum atomic E-state index is -0.0862. The second-order valence-corrected chi connectivity index (χ2v) is 5.17. The van der Waals surface area contributed by atoms with Crippen LogP contribution in [0.3, 0.4) is 0 Å². The van der Waals surface area contributed by atoms with Crippen molar-refractivity contribution < 1.29 is 4.79 Å². The molecule has 0 saturated heterocycles. The van der Waals surface area contributed by atoms with E-state index >= 15 is 0 Å². The van der Waals surface area contributed by atoms with Gasteiger partial charge in [0.05, 0.1) is 6.54 Å². The van der Waals surface area contributed by atoms with Crippen LogP contribution in [0.25, 0.3) is 0 Å². The van der Waals surface area contributed by atoms with Crippen molar-refractivity contribution in [3.8, 4) is 0 Å². The summed E-state index contributed by atoms with van der Waals surface area (Å²) in [6.07, 6.45) is 0. The van der Waals surface area contributed by atoms with E-state index in [0.717, 1.165) is 22.5 Å². The van der Waals surface area contributed by atoms with Crippen LogP contribution < -0.4 is 10.6 Å². The second-order valence-electron chi connectivity index (χ2n) is 4.73. The molecule has 2 N–H and O–H groups in total. The average molecular weight is 289 g/mol. The molecule has 0 aromatic heterocycles. The first-order chi connectivity index (χ1) is 9.54. The lowest BCUT2D eigenvalue weighted by Crippen LogP contribution is -2.22. The fourth-order valence-corrected chi connectivity index (χ4v) is 2.13. The van der Waals surface area contributed by atoms with E-state index in [2.05, 4.69) is 10.6 Å². The molecule has 3 nitrogen and oxygen atoms in total. The Labute approximate surface area is 124 Å². The van der Waals surface area contributed by atoms with Gasteiger partial charge >= 0.3 is 0 Å². The largest absolute Gasteiger partial charge is 0.376 e. The van der Waals surface area contributed by atoms with Gasteiger partial charge in [-0.3, -0.25) is 4.79 Å². The zero-order chi connectivity index (χ0) is 14.5. The Kier molecular flexibility index (Phi) is 4.64. The third kappa shape index (κ3) is 4.00. The number of carbonyl (C=O) groups is 1. The van der Waals surface area contributed by atoms with Crippen molar-refractivity contribution in [2.24, 2.45) is 0 Å². The Morgan fingerprint density at radius 2 is 1.95 bits per heavy atom. The van der Waals surface area contributed by atoms with Gasteiger partial charge in [0, 0.05) is 16.4 Å². The molecule has 20 heavy (non-hydrogen) atoms. The summed E-state index contributed by atoms with van der Waals surface area (Å²) >= 11 is 5.88. The van der Waals surface area contributed by atoms with E-state index in [1.165, 1.54) is 0 Å². The maximum Gasteiger partial charge on any atom is 0.243 e. The Hall–Kier alpha value is -2.00. The number of rotatable bonds is 4. The van der Waals surface area contributed by atoms with E-state index in [1.807, 2.05) is 50.2 Å². The molecule has 104 valence electrons. The summed E-state index contributed by atoms with van der Waals surface area (Å²) in [4.78, 5) is 11.9. The normalized spacial score (nSPS) is 10.2. The highest BCUT2D eigenvalue weighted by molar-refractivity contribution is 6.30. The standard InChI is InChI=1S/C16H17ClN2O/c1-11-4-3-5-14(8-11)18-10-16(20)19-15-7-6-13(17)9-12(15)2/h3-9,18H,10H2,1-2H3,(H,19,20). The molecule has 0 aliphatic heterocycles. The molecule has 0 heterocycles. The smallest absolute Gasteiger partial charge is 0.243 e. The number of carbonyl (C=O) groups excluding carboxylic acids is 1. The Morgan fingerprint density at radius 3 is 2.65 bits per heavy atom. The van der Waals surface area contributed by atoms with Crippen LogP contribution in [0.5, 0.6) is 0 Å². The van der Waals surface area contributed by atoms with Crippen molar-refractivity contribution in [3.63, 3.8) is 0 Å². The lowest BCUT2D eigenvalue weighted by atomic mass is 10.2. The van der Waals surface area contributed by atoms with Crippen molar-refractivity contribution in [2.45, 2.75) is 13.8 Å². The van der Waals surface area contributed by atoms with Gasteiger partial charge in [-0.15, -0.1) is 0 Å². The first-order valence-corrected chi connectivity index (χ1v) is 6.79. The van der Waals surface area contributed by atoms with Crippen LogP contribution in [0.2, 0.25) is 5.02 Å². The van der Waals surface area contributed by atoms with Gasteiger partial charge in [-0.05, 0) is 55.3 Å². The van der Waals surface area contributed by atoms with E-state index in [1.54, 1.807) is 6.07 Å². The molecule has 0 spiro atoms. The fraction of sp³-hybridized carbons (Fsp3) is 0.188. The molecule has 0 atom stereocenters. The number of benzene rings is 2. The van der Waals surface area contributed by atoms with Crippen LogP contribution >= 0.6 is 11.6 Å². The van der Waals surface area contributed by atoms with E-state index in [9.17, 15) is 4.79 Å². The van der Waals surface area contributed by atoms with Crippen molar-refractivity contribution in [1.82, 2.24) is 0 Å². The summed E-state index contributed by atoms with van der Waals surface area (Å²) in [6, 6.07) is 13.3. The maximum atomic E-state index is 11.9. The summed E-state index contributed by atoms with van der Waals surface area (Å²) in [5.74, 6) is -0.0862. The van der Waals surface area contributed by atoms with Crippen molar-refractivity contribution in [1.29, 1.82) is 0 Å². The molecule has 0 aliphatic carbocycles. The number of anilines is 2. The fourth-order valence-electron chi connectivity index (χ4n) is 1.90. The minimum absolute atomic E-state index is 0.0862. The van der Waals surface area contributed by atoms with E-state index in [0.29, 0.717) is 5.02 Å². The van der Waals surface area contributed by atoms with Gasteiger partial charge in [-0.25, -0.2) is 0 Å². The van der Waals surface area contributed by atoms with Crippen LogP contribution in [0.4, 0.5) is 11.4 Å². The zero-order valence-electron chi connectivity index (χ0n) is 11.5. The van der Waals surface area contributed by atoms with Gasteiger partial charge < -0.3 is 10.6 Å². The van der Waals surface area contributed by atoms with Crippen molar-refractivity contribution in [3.05, 3.63) is 58.6 Å². The van der Waals surface area contributed by atoms with E-state index < -0.39 is 0 Å². The van der Waals surface area contributed by atoms with Crippen LogP contribution in [0.15, 0.2) is 42.5 Å². The average Bonchev–Trinajstić information content (AvgIpc) is 2.40. The predicted octanol–water partition coefficient (Wildman–Crippen LogP) is 4.01. The maximum absolute atomic E-state index is 11.9. The Bertz CT molecular complexity index is 626. The molecule has 0 radical (unpaired) electrons. The Balaban J connectivity index is 1.92. The molecule has 2 rings (SSSR count). The number of halogens is 1. The highest BCUT2D eigenvalue weighted by Gasteiger charge is 2.05. The number of hydrogen-bond donors (Lipinski definition) is 2. The number of amides is 1. The molecule has 0 aliphatic rings. The topological polar surface area (TPSA) is 41.1 Å². The highest BCUT2D eigenvalue weighted by atomic mass is 35.5. The van der Waals surface area contributed by atoms with E-state index in [4.69, 9.17) is 11.6 Å². The zero-order valence-corrected chi connectivity index (χ0v) is 12.3. The van der Waals surface area contributed by atoms with Crippen molar-refractivity contribution in [2.75, 3.05) is 17.2 Å². The molecule has 4 heteroatoms.